The minimum absolute atomic E-state index is 0.345. The largest absolute Gasteiger partial charge is 0.387 e. The second kappa shape index (κ2) is 10.9. The van der Waals surface area contributed by atoms with Crippen molar-refractivity contribution in [2.24, 2.45) is 0 Å². The quantitative estimate of drug-likeness (QED) is 0.500. The first-order chi connectivity index (χ1) is 20.0. The first kappa shape index (κ1) is 28.1. The van der Waals surface area contributed by atoms with E-state index in [0.29, 0.717) is 13.2 Å². The molecular weight excluding hydrogens is 536 g/mol. The van der Waals surface area contributed by atoms with Gasteiger partial charge in [0.25, 0.3) is 0 Å². The van der Waals surface area contributed by atoms with Gasteiger partial charge < -0.3 is 52.8 Å². The molecule has 3 spiro atoms. The van der Waals surface area contributed by atoms with Gasteiger partial charge in [0, 0.05) is 25.7 Å². The second-order valence-corrected chi connectivity index (χ2v) is 13.7. The van der Waals surface area contributed by atoms with Gasteiger partial charge in [0.05, 0.1) is 18.8 Å². The van der Waals surface area contributed by atoms with E-state index in [9.17, 15) is 10.2 Å². The summed E-state index contributed by atoms with van der Waals surface area (Å²) in [5, 5.41) is 22.3. The van der Waals surface area contributed by atoms with Gasteiger partial charge in [0.2, 0.25) is 0 Å². The van der Waals surface area contributed by atoms with Crippen LogP contribution in [0.2, 0.25) is 0 Å². The number of rotatable bonds is 2. The molecule has 0 bridgehead atoms. The van der Waals surface area contributed by atoms with Crippen molar-refractivity contribution in [1.29, 1.82) is 0 Å². The van der Waals surface area contributed by atoms with E-state index in [4.69, 9.17) is 42.6 Å². The molecule has 41 heavy (non-hydrogen) atoms. The van der Waals surface area contributed by atoms with Crippen LogP contribution in [-0.2, 0) is 42.6 Å². The van der Waals surface area contributed by atoms with Crippen LogP contribution in [0.25, 0.3) is 0 Å². The van der Waals surface area contributed by atoms with Crippen molar-refractivity contribution in [3.63, 3.8) is 0 Å². The van der Waals surface area contributed by atoms with E-state index in [1.54, 1.807) is 0 Å². The molecule has 0 aromatic rings. The van der Waals surface area contributed by atoms with Gasteiger partial charge in [-0.15, -0.1) is 0 Å². The molecule has 0 radical (unpaired) electrons. The third-order valence-corrected chi connectivity index (χ3v) is 10.8. The normalized spacial score (nSPS) is 48.4. The number of hydrogen-bond donors (Lipinski definition) is 2. The lowest BCUT2D eigenvalue weighted by Gasteiger charge is -2.53. The Balaban J connectivity index is 1.00. The highest BCUT2D eigenvalue weighted by atomic mass is 16.9. The van der Waals surface area contributed by atoms with Gasteiger partial charge in [-0.05, 0) is 38.5 Å². The zero-order chi connectivity index (χ0) is 27.7. The van der Waals surface area contributed by atoms with Crippen LogP contribution in [0, 0.1) is 0 Å². The third kappa shape index (κ3) is 5.01. The Kier molecular flexibility index (Phi) is 7.44. The minimum Gasteiger partial charge on any atom is -0.387 e. The van der Waals surface area contributed by atoms with Crippen LogP contribution in [0.1, 0.15) is 96.3 Å². The molecule has 8 rings (SSSR count). The summed E-state index contributed by atoms with van der Waals surface area (Å²) in [5.74, 6) is -1.29. The lowest BCUT2D eigenvalue weighted by atomic mass is 9.84. The first-order valence-corrected chi connectivity index (χ1v) is 16.3. The van der Waals surface area contributed by atoms with Crippen LogP contribution >= 0.6 is 0 Å². The number of ether oxygens (including phenoxy) is 9. The molecule has 5 saturated heterocycles. The topological polar surface area (TPSA) is 124 Å². The monoisotopic (exact) mass is 582 g/mol. The summed E-state index contributed by atoms with van der Waals surface area (Å²) in [5.41, 5.74) is -0.425. The zero-order valence-corrected chi connectivity index (χ0v) is 23.9. The third-order valence-electron chi connectivity index (χ3n) is 10.8. The van der Waals surface area contributed by atoms with E-state index in [1.165, 1.54) is 12.8 Å². The van der Waals surface area contributed by atoms with Crippen LogP contribution in [0.15, 0.2) is 0 Å². The molecule has 10 atom stereocenters. The molecule has 11 nitrogen and oxygen atoms in total. The summed E-state index contributed by atoms with van der Waals surface area (Å²) < 4.78 is 57.8. The van der Waals surface area contributed by atoms with Crippen molar-refractivity contribution >= 4 is 0 Å². The Morgan fingerprint density at radius 3 is 1.93 bits per heavy atom. The molecule has 3 saturated carbocycles. The Morgan fingerprint density at radius 2 is 1.20 bits per heavy atom. The van der Waals surface area contributed by atoms with Crippen LogP contribution in [0.4, 0.5) is 0 Å². The highest BCUT2D eigenvalue weighted by molar-refractivity contribution is 5.03. The Bertz CT molecular complexity index is 927. The fourth-order valence-corrected chi connectivity index (χ4v) is 8.57. The van der Waals surface area contributed by atoms with E-state index in [0.717, 1.165) is 83.5 Å². The van der Waals surface area contributed by atoms with Gasteiger partial charge in [-0.25, -0.2) is 0 Å². The lowest BCUT2D eigenvalue weighted by Crippen LogP contribution is -2.68. The molecule has 8 aliphatic rings. The molecule has 0 amide bonds. The highest BCUT2D eigenvalue weighted by Crippen LogP contribution is 2.50. The summed E-state index contributed by atoms with van der Waals surface area (Å²) in [6.07, 6.45) is 6.91. The molecule has 11 heteroatoms. The number of aliphatic hydroxyl groups is 2. The molecule has 232 valence electrons. The maximum absolute atomic E-state index is 11.2. The summed E-state index contributed by atoms with van der Waals surface area (Å²) in [6.45, 7) is 0.762. The Morgan fingerprint density at radius 1 is 0.561 bits per heavy atom. The fourth-order valence-electron chi connectivity index (χ4n) is 8.57. The van der Waals surface area contributed by atoms with Crippen molar-refractivity contribution in [3.05, 3.63) is 0 Å². The Labute approximate surface area is 241 Å². The van der Waals surface area contributed by atoms with E-state index >= 15 is 0 Å². The maximum atomic E-state index is 11.2. The first-order valence-electron chi connectivity index (χ1n) is 16.3. The van der Waals surface area contributed by atoms with Gasteiger partial charge in [0.1, 0.15) is 42.7 Å². The molecular formula is C30H46O11. The van der Waals surface area contributed by atoms with Gasteiger partial charge >= 0.3 is 0 Å². The van der Waals surface area contributed by atoms with E-state index in [-0.39, 0.29) is 6.10 Å². The zero-order valence-electron chi connectivity index (χ0n) is 23.9. The standard InChI is InChI=1S/C30H46O11/c31-19-20(32)25(36-26-22(19)38-28(17-33-26)10-4-1-5-11-28)37-27-24-23(40-30(41-24)14-8-3-9-15-30)21-18(35-27)16-34-29(39-21)12-6-2-7-13-29/h18-27,31-32H,1-17H2/t18?,19?,20-,21-,22+,23+,24?,25-,26?,27-/m1/s1. The lowest BCUT2D eigenvalue weighted by molar-refractivity contribution is -0.434. The minimum atomic E-state index is -1.35. The van der Waals surface area contributed by atoms with Crippen molar-refractivity contribution < 1.29 is 52.8 Å². The van der Waals surface area contributed by atoms with Gasteiger partial charge in [-0.3, -0.25) is 0 Å². The summed E-state index contributed by atoms with van der Waals surface area (Å²) in [4.78, 5) is 0. The molecule has 5 aliphatic heterocycles. The average molecular weight is 583 g/mol. The molecule has 2 N–H and O–H groups in total. The number of hydrogen-bond acceptors (Lipinski definition) is 11. The smallest absolute Gasteiger partial charge is 0.192 e. The average Bonchev–Trinajstić information content (AvgIpc) is 3.37. The number of fused-ring (bicyclic) bond motifs is 4. The van der Waals surface area contributed by atoms with E-state index in [2.05, 4.69) is 0 Å². The highest BCUT2D eigenvalue weighted by Gasteiger charge is 2.63. The van der Waals surface area contributed by atoms with Gasteiger partial charge in [-0.1, -0.05) is 32.1 Å². The molecule has 4 unspecified atom stereocenters. The Hall–Kier alpha value is -0.440. The van der Waals surface area contributed by atoms with Crippen molar-refractivity contribution in [2.45, 2.75) is 175 Å². The van der Waals surface area contributed by atoms with Gasteiger partial charge in [0.15, 0.2) is 30.4 Å². The summed E-state index contributed by atoms with van der Waals surface area (Å²) in [6, 6.07) is 0. The van der Waals surface area contributed by atoms with Crippen molar-refractivity contribution in [1.82, 2.24) is 0 Å². The van der Waals surface area contributed by atoms with Crippen LogP contribution in [-0.4, -0.2) is 102 Å². The van der Waals surface area contributed by atoms with Crippen molar-refractivity contribution in [2.75, 3.05) is 13.2 Å². The molecule has 5 heterocycles. The van der Waals surface area contributed by atoms with Crippen LogP contribution in [0.3, 0.4) is 0 Å². The second-order valence-electron chi connectivity index (χ2n) is 13.7. The van der Waals surface area contributed by atoms with Gasteiger partial charge in [-0.2, -0.15) is 0 Å². The predicted octanol–water partition coefficient (Wildman–Crippen LogP) is 2.77. The summed E-state index contributed by atoms with van der Waals surface area (Å²) in [7, 11) is 0. The SMILES string of the molecule is OC1[C@@H]2OC3(CCCCC3)COC2O[C@H](O[C@H]2OC3COC4(CCCCC4)O[C@H]3[C@@H]3OC4(CCCCC4)OC23)[C@@H]1O. The number of aliphatic hydroxyl groups excluding tert-OH is 2. The fraction of sp³-hybridized carbons (Fsp3) is 1.00. The molecule has 8 fully saturated rings. The summed E-state index contributed by atoms with van der Waals surface area (Å²) >= 11 is 0. The molecule has 0 aromatic heterocycles. The molecule has 0 aromatic carbocycles. The maximum Gasteiger partial charge on any atom is 0.192 e. The predicted molar refractivity (Wildman–Crippen MR) is 139 cm³/mol. The van der Waals surface area contributed by atoms with E-state index in [1.807, 2.05) is 0 Å². The molecule has 3 aliphatic carbocycles. The van der Waals surface area contributed by atoms with Crippen LogP contribution in [0.5, 0.6) is 0 Å². The van der Waals surface area contributed by atoms with E-state index < -0.39 is 72.7 Å². The van der Waals surface area contributed by atoms with Crippen LogP contribution < -0.4 is 0 Å². The van der Waals surface area contributed by atoms with Crippen molar-refractivity contribution in [3.8, 4) is 0 Å².